The topological polar surface area (TPSA) is 38.0 Å². The van der Waals surface area contributed by atoms with E-state index in [0.29, 0.717) is 5.92 Å². The van der Waals surface area contributed by atoms with Crippen LogP contribution in [0.3, 0.4) is 0 Å². The van der Waals surface area contributed by atoms with E-state index in [1.807, 2.05) is 6.07 Å². The third-order valence-corrected chi connectivity index (χ3v) is 5.23. The van der Waals surface area contributed by atoms with Gasteiger partial charge in [0.1, 0.15) is 0 Å². The molecule has 2 atom stereocenters. The molecule has 1 aliphatic carbocycles. The number of nitrogens with one attached hydrogen (secondary N) is 1. The van der Waals surface area contributed by atoms with Gasteiger partial charge in [-0.05, 0) is 53.6 Å². The van der Waals surface area contributed by atoms with Crippen LogP contribution in [0.1, 0.15) is 35.1 Å². The second-order valence-electron chi connectivity index (χ2n) is 5.22. The van der Waals surface area contributed by atoms with Crippen LogP contribution in [0.25, 0.3) is 0 Å². The summed E-state index contributed by atoms with van der Waals surface area (Å²) in [4.78, 5) is 0. The summed E-state index contributed by atoms with van der Waals surface area (Å²) in [7, 11) is 0. The van der Waals surface area contributed by atoms with Crippen molar-refractivity contribution in [3.05, 3.63) is 68.1 Å². The van der Waals surface area contributed by atoms with E-state index in [0.717, 1.165) is 21.8 Å². The smallest absolute Gasteiger partial charge is 0.0477 e. The zero-order chi connectivity index (χ0) is 14.1. The number of rotatable bonds is 4. The molecule has 20 heavy (non-hydrogen) atoms. The van der Waals surface area contributed by atoms with E-state index in [2.05, 4.69) is 73.7 Å². The van der Waals surface area contributed by atoms with Gasteiger partial charge in [-0.25, -0.2) is 0 Å². The van der Waals surface area contributed by atoms with Crippen molar-refractivity contribution >= 4 is 31.9 Å². The molecule has 0 spiro atoms. The molecule has 2 unspecified atom stereocenters. The average molecular weight is 396 g/mol. The molecule has 2 nitrogen and oxygen atoms in total. The number of fused-ring (bicyclic) bond motifs is 1. The standard InChI is InChI=1S/C16H16Br2N2/c17-12-5-6-15(18)14(9-12)16(20-19)8-11-7-10-3-1-2-4-13(10)11/h1-6,9,11,16,20H,7-8,19H2. The predicted molar refractivity (Wildman–Crippen MR) is 89.4 cm³/mol. The molecule has 0 saturated carbocycles. The van der Waals surface area contributed by atoms with Crippen molar-refractivity contribution in [3.63, 3.8) is 0 Å². The van der Waals surface area contributed by atoms with Crippen molar-refractivity contribution in [2.24, 2.45) is 5.84 Å². The lowest BCUT2D eigenvalue weighted by Crippen LogP contribution is -2.31. The second-order valence-corrected chi connectivity index (χ2v) is 6.99. The Bertz CT molecular complexity index is 628. The van der Waals surface area contributed by atoms with E-state index < -0.39 is 0 Å². The highest BCUT2D eigenvalue weighted by Crippen LogP contribution is 2.41. The summed E-state index contributed by atoms with van der Waals surface area (Å²) in [5, 5.41) is 0. The number of benzene rings is 2. The summed E-state index contributed by atoms with van der Waals surface area (Å²) < 4.78 is 2.17. The molecule has 3 rings (SSSR count). The van der Waals surface area contributed by atoms with Gasteiger partial charge in [-0.15, -0.1) is 0 Å². The molecule has 0 bridgehead atoms. The van der Waals surface area contributed by atoms with E-state index >= 15 is 0 Å². The molecule has 0 radical (unpaired) electrons. The molecule has 2 aromatic carbocycles. The molecule has 3 N–H and O–H groups in total. The van der Waals surface area contributed by atoms with Crippen molar-refractivity contribution in [2.45, 2.75) is 24.8 Å². The Kier molecular flexibility index (Phi) is 4.26. The third kappa shape index (κ3) is 2.70. The zero-order valence-electron chi connectivity index (χ0n) is 10.9. The Labute approximate surface area is 136 Å². The minimum Gasteiger partial charge on any atom is -0.271 e. The Balaban J connectivity index is 1.80. The summed E-state index contributed by atoms with van der Waals surface area (Å²) in [6.45, 7) is 0. The normalized spacial score (nSPS) is 18.2. The molecule has 0 aromatic heterocycles. The molecule has 0 heterocycles. The van der Waals surface area contributed by atoms with Gasteiger partial charge in [0.2, 0.25) is 0 Å². The molecule has 0 saturated heterocycles. The summed E-state index contributed by atoms with van der Waals surface area (Å²) in [5.74, 6) is 6.38. The fraction of sp³-hybridized carbons (Fsp3) is 0.250. The van der Waals surface area contributed by atoms with E-state index in [1.165, 1.54) is 16.7 Å². The molecule has 0 aliphatic heterocycles. The average Bonchev–Trinajstić information content (AvgIpc) is 2.43. The fourth-order valence-electron chi connectivity index (χ4n) is 2.92. The molecule has 1 aliphatic rings. The highest BCUT2D eigenvalue weighted by molar-refractivity contribution is 9.11. The Morgan fingerprint density at radius 1 is 1.20 bits per heavy atom. The molecule has 2 aromatic rings. The van der Waals surface area contributed by atoms with Crippen molar-refractivity contribution < 1.29 is 0 Å². The Hall–Kier alpha value is -0.680. The molecule has 0 amide bonds. The van der Waals surface area contributed by atoms with E-state index in [1.54, 1.807) is 0 Å². The summed E-state index contributed by atoms with van der Waals surface area (Å²) >= 11 is 7.14. The first-order valence-corrected chi connectivity index (χ1v) is 8.26. The van der Waals surface area contributed by atoms with Crippen molar-refractivity contribution in [1.29, 1.82) is 0 Å². The maximum absolute atomic E-state index is 5.78. The molecule has 0 fully saturated rings. The van der Waals surface area contributed by atoms with Crippen LogP contribution in [0.15, 0.2) is 51.4 Å². The first kappa shape index (κ1) is 14.3. The maximum Gasteiger partial charge on any atom is 0.0477 e. The van der Waals surface area contributed by atoms with Crippen LogP contribution in [0.2, 0.25) is 0 Å². The number of halogens is 2. The fourth-order valence-corrected chi connectivity index (χ4v) is 3.83. The summed E-state index contributed by atoms with van der Waals surface area (Å²) in [6, 6.07) is 15.0. The number of hydrazine groups is 1. The Morgan fingerprint density at radius 3 is 2.75 bits per heavy atom. The molecular formula is C16H16Br2N2. The largest absolute Gasteiger partial charge is 0.271 e. The van der Waals surface area contributed by atoms with Gasteiger partial charge in [0.15, 0.2) is 0 Å². The van der Waals surface area contributed by atoms with Crippen LogP contribution in [0, 0.1) is 0 Å². The lowest BCUT2D eigenvalue weighted by Gasteiger charge is -2.33. The molecule has 104 valence electrons. The maximum atomic E-state index is 5.78. The second kappa shape index (κ2) is 5.98. The van der Waals surface area contributed by atoms with Crippen molar-refractivity contribution in [3.8, 4) is 0 Å². The van der Waals surface area contributed by atoms with Crippen LogP contribution < -0.4 is 11.3 Å². The van der Waals surface area contributed by atoms with Crippen LogP contribution in [-0.2, 0) is 6.42 Å². The van der Waals surface area contributed by atoms with Gasteiger partial charge in [-0.2, -0.15) is 0 Å². The molecular weight excluding hydrogens is 380 g/mol. The van der Waals surface area contributed by atoms with Crippen LogP contribution in [-0.4, -0.2) is 0 Å². The van der Waals surface area contributed by atoms with Crippen molar-refractivity contribution in [2.75, 3.05) is 0 Å². The number of hydrogen-bond acceptors (Lipinski definition) is 2. The predicted octanol–water partition coefficient (Wildman–Crippen LogP) is 4.45. The summed E-state index contributed by atoms with van der Waals surface area (Å²) in [6.07, 6.45) is 2.17. The number of nitrogens with two attached hydrogens (primary N) is 1. The van der Waals surface area contributed by atoms with E-state index in [9.17, 15) is 0 Å². The quantitative estimate of drug-likeness (QED) is 0.592. The monoisotopic (exact) mass is 394 g/mol. The van der Waals surface area contributed by atoms with Crippen molar-refractivity contribution in [1.82, 2.24) is 5.43 Å². The van der Waals surface area contributed by atoms with Gasteiger partial charge in [-0.1, -0.05) is 56.1 Å². The van der Waals surface area contributed by atoms with Gasteiger partial charge >= 0.3 is 0 Å². The highest BCUT2D eigenvalue weighted by atomic mass is 79.9. The Morgan fingerprint density at radius 2 is 2.00 bits per heavy atom. The van der Waals surface area contributed by atoms with Gasteiger partial charge in [0.25, 0.3) is 0 Å². The number of hydrogen-bond donors (Lipinski definition) is 2. The molecule has 4 heteroatoms. The lowest BCUT2D eigenvalue weighted by molar-refractivity contribution is 0.434. The van der Waals surface area contributed by atoms with Gasteiger partial charge < -0.3 is 0 Å². The third-order valence-electron chi connectivity index (χ3n) is 4.02. The van der Waals surface area contributed by atoms with Crippen LogP contribution >= 0.6 is 31.9 Å². The van der Waals surface area contributed by atoms with E-state index in [4.69, 9.17) is 5.84 Å². The summed E-state index contributed by atoms with van der Waals surface area (Å²) in [5.41, 5.74) is 7.11. The first-order valence-electron chi connectivity index (χ1n) is 6.68. The minimum absolute atomic E-state index is 0.153. The zero-order valence-corrected chi connectivity index (χ0v) is 14.1. The minimum atomic E-state index is 0.153. The van der Waals surface area contributed by atoms with Gasteiger partial charge in [0.05, 0.1) is 0 Å². The first-order chi connectivity index (χ1) is 9.69. The van der Waals surface area contributed by atoms with Crippen LogP contribution in [0.5, 0.6) is 0 Å². The van der Waals surface area contributed by atoms with Crippen LogP contribution in [0.4, 0.5) is 0 Å². The van der Waals surface area contributed by atoms with Gasteiger partial charge in [-0.3, -0.25) is 11.3 Å². The highest BCUT2D eigenvalue weighted by Gasteiger charge is 2.28. The van der Waals surface area contributed by atoms with E-state index in [-0.39, 0.29) is 6.04 Å². The SMILES string of the molecule is NNC(CC1Cc2ccccc21)c1cc(Br)ccc1Br. The van der Waals surface area contributed by atoms with Gasteiger partial charge in [0, 0.05) is 15.0 Å². The lowest BCUT2D eigenvalue weighted by atomic mass is 9.74.